The molecule has 0 aliphatic rings. The average molecular weight is 288 g/mol. The molecule has 0 unspecified atom stereocenters. The maximum absolute atomic E-state index is 5.70. The van der Waals surface area contributed by atoms with Gasteiger partial charge in [-0.25, -0.2) is 4.98 Å². The van der Waals surface area contributed by atoms with Crippen LogP contribution in [0.15, 0.2) is 36.7 Å². The fourth-order valence-electron chi connectivity index (χ4n) is 2.77. The SMILES string of the molecule is [B]c1cnc2[nH]c(-c3cn(C)c4ccc(OC)cc34)cc2n1. The molecule has 0 amide bonds. The van der Waals surface area contributed by atoms with Gasteiger partial charge in [-0.3, -0.25) is 4.98 Å². The van der Waals surface area contributed by atoms with E-state index >= 15 is 0 Å². The van der Waals surface area contributed by atoms with E-state index in [0.29, 0.717) is 5.59 Å². The Morgan fingerprint density at radius 3 is 2.95 bits per heavy atom. The number of ether oxygens (including phenoxy) is 1. The molecule has 0 fully saturated rings. The number of nitrogens with zero attached hydrogens (tertiary/aromatic N) is 3. The summed E-state index contributed by atoms with van der Waals surface area (Å²) in [6, 6.07) is 8.01. The van der Waals surface area contributed by atoms with Gasteiger partial charge < -0.3 is 14.3 Å². The predicted molar refractivity (Wildman–Crippen MR) is 87.7 cm³/mol. The summed E-state index contributed by atoms with van der Waals surface area (Å²) >= 11 is 0. The van der Waals surface area contributed by atoms with Crippen LogP contribution in [0.4, 0.5) is 0 Å². The highest BCUT2D eigenvalue weighted by Crippen LogP contribution is 2.33. The summed E-state index contributed by atoms with van der Waals surface area (Å²) in [4.78, 5) is 11.9. The maximum Gasteiger partial charge on any atom is 0.156 e. The van der Waals surface area contributed by atoms with Gasteiger partial charge in [0.05, 0.1) is 12.8 Å². The van der Waals surface area contributed by atoms with E-state index in [1.54, 1.807) is 13.3 Å². The zero-order chi connectivity index (χ0) is 15.3. The minimum atomic E-state index is 0.414. The van der Waals surface area contributed by atoms with Crippen molar-refractivity contribution in [3.05, 3.63) is 36.7 Å². The van der Waals surface area contributed by atoms with Gasteiger partial charge >= 0.3 is 0 Å². The lowest BCUT2D eigenvalue weighted by Crippen LogP contribution is -2.07. The summed E-state index contributed by atoms with van der Waals surface area (Å²) < 4.78 is 7.42. The van der Waals surface area contributed by atoms with Crippen molar-refractivity contribution in [3.8, 4) is 17.0 Å². The molecule has 1 aromatic carbocycles. The van der Waals surface area contributed by atoms with Gasteiger partial charge in [0.25, 0.3) is 0 Å². The molecule has 0 aliphatic heterocycles. The highest BCUT2D eigenvalue weighted by Gasteiger charge is 2.13. The molecule has 3 aromatic heterocycles. The molecule has 0 spiro atoms. The Morgan fingerprint density at radius 1 is 1.27 bits per heavy atom. The number of nitrogens with one attached hydrogen (secondary N) is 1. The molecule has 0 bridgehead atoms. The van der Waals surface area contributed by atoms with Crippen molar-refractivity contribution in [1.29, 1.82) is 0 Å². The normalized spacial score (nSPS) is 11.4. The second-order valence-electron chi connectivity index (χ2n) is 5.25. The third-order valence-electron chi connectivity index (χ3n) is 3.84. The second kappa shape index (κ2) is 4.63. The third kappa shape index (κ3) is 1.88. The lowest BCUT2D eigenvalue weighted by atomic mass is 10.1. The van der Waals surface area contributed by atoms with Crippen molar-refractivity contribution in [2.45, 2.75) is 0 Å². The molecular formula is C16H13BN4O. The van der Waals surface area contributed by atoms with E-state index in [9.17, 15) is 0 Å². The van der Waals surface area contributed by atoms with Gasteiger partial charge in [0.1, 0.15) is 19.1 Å². The quantitative estimate of drug-likeness (QED) is 0.573. The molecule has 5 nitrogen and oxygen atoms in total. The molecule has 0 atom stereocenters. The Morgan fingerprint density at radius 2 is 2.14 bits per heavy atom. The molecule has 106 valence electrons. The predicted octanol–water partition coefficient (Wildman–Crippen LogP) is 1.92. The topological polar surface area (TPSA) is 55.7 Å². The number of fused-ring (bicyclic) bond motifs is 2. The van der Waals surface area contributed by atoms with E-state index in [1.165, 1.54) is 0 Å². The van der Waals surface area contributed by atoms with E-state index in [0.717, 1.165) is 39.1 Å². The first kappa shape index (κ1) is 12.9. The van der Waals surface area contributed by atoms with Crippen LogP contribution in [0.3, 0.4) is 0 Å². The molecule has 6 heteroatoms. The van der Waals surface area contributed by atoms with Gasteiger partial charge in [-0.05, 0) is 24.3 Å². The van der Waals surface area contributed by atoms with Gasteiger partial charge in [-0.15, -0.1) is 0 Å². The highest BCUT2D eigenvalue weighted by atomic mass is 16.5. The molecule has 22 heavy (non-hydrogen) atoms. The van der Waals surface area contributed by atoms with Gasteiger partial charge in [0.15, 0.2) is 5.65 Å². The van der Waals surface area contributed by atoms with Crippen LogP contribution in [0.2, 0.25) is 0 Å². The summed E-state index contributed by atoms with van der Waals surface area (Å²) in [6.07, 6.45) is 3.63. The Labute approximate surface area is 128 Å². The van der Waals surface area contributed by atoms with Crippen LogP contribution in [0.1, 0.15) is 0 Å². The molecule has 0 saturated heterocycles. The lowest BCUT2D eigenvalue weighted by Gasteiger charge is -2.01. The smallest absolute Gasteiger partial charge is 0.156 e. The van der Waals surface area contributed by atoms with E-state index in [2.05, 4.69) is 31.8 Å². The van der Waals surface area contributed by atoms with Crippen LogP contribution in [0.5, 0.6) is 5.75 Å². The molecule has 4 rings (SSSR count). The van der Waals surface area contributed by atoms with Crippen LogP contribution < -0.4 is 10.3 Å². The van der Waals surface area contributed by atoms with Gasteiger partial charge in [-0.1, -0.05) is 0 Å². The number of aromatic nitrogens is 4. The number of aromatic amines is 1. The fraction of sp³-hybridized carbons (Fsp3) is 0.125. The Balaban J connectivity index is 1.98. The zero-order valence-electron chi connectivity index (χ0n) is 12.3. The summed E-state index contributed by atoms with van der Waals surface area (Å²) in [5, 5.41) is 1.11. The zero-order valence-corrected chi connectivity index (χ0v) is 12.3. The van der Waals surface area contributed by atoms with Crippen LogP contribution >= 0.6 is 0 Å². The highest BCUT2D eigenvalue weighted by molar-refractivity contribution is 6.30. The molecule has 2 radical (unpaired) electrons. The first-order valence-corrected chi connectivity index (χ1v) is 6.90. The molecule has 3 heterocycles. The Bertz CT molecular complexity index is 1000. The van der Waals surface area contributed by atoms with E-state index in [-0.39, 0.29) is 0 Å². The summed E-state index contributed by atoms with van der Waals surface area (Å²) in [6.45, 7) is 0. The minimum absolute atomic E-state index is 0.414. The van der Waals surface area contributed by atoms with Gasteiger partial charge in [0, 0.05) is 41.5 Å². The van der Waals surface area contributed by atoms with Gasteiger partial charge in [-0.2, -0.15) is 0 Å². The first-order valence-electron chi connectivity index (χ1n) is 6.90. The van der Waals surface area contributed by atoms with Crippen LogP contribution in [-0.2, 0) is 7.05 Å². The summed E-state index contributed by atoms with van der Waals surface area (Å²) in [7, 11) is 9.39. The third-order valence-corrected chi connectivity index (χ3v) is 3.84. The molecule has 4 aromatic rings. The van der Waals surface area contributed by atoms with Crippen molar-refractivity contribution in [2.75, 3.05) is 7.11 Å². The van der Waals surface area contributed by atoms with Crippen molar-refractivity contribution < 1.29 is 4.74 Å². The van der Waals surface area contributed by atoms with E-state index in [1.807, 2.05) is 25.2 Å². The van der Waals surface area contributed by atoms with E-state index in [4.69, 9.17) is 12.6 Å². The number of rotatable bonds is 2. The number of hydrogen-bond acceptors (Lipinski definition) is 3. The van der Waals surface area contributed by atoms with Crippen molar-refractivity contribution in [2.24, 2.45) is 7.05 Å². The number of hydrogen-bond donors (Lipinski definition) is 1. The largest absolute Gasteiger partial charge is 0.497 e. The summed E-state index contributed by atoms with van der Waals surface area (Å²) in [5.41, 5.74) is 5.07. The Kier molecular flexibility index (Phi) is 2.72. The van der Waals surface area contributed by atoms with E-state index < -0.39 is 0 Å². The van der Waals surface area contributed by atoms with Crippen molar-refractivity contribution in [1.82, 2.24) is 19.5 Å². The molecule has 0 saturated carbocycles. The maximum atomic E-state index is 5.70. The average Bonchev–Trinajstić information content (AvgIpc) is 3.07. The van der Waals surface area contributed by atoms with Crippen molar-refractivity contribution >= 4 is 35.5 Å². The standard InChI is InChI=1S/C16H13BN4O/c1-21-8-11(10-5-9(22-2)3-4-14(10)21)12-6-13-16(20-12)18-7-15(17)19-13/h3-8H,1-2H3,(H,18,20). The van der Waals surface area contributed by atoms with Crippen LogP contribution in [-0.4, -0.2) is 34.5 Å². The number of H-pyrrole nitrogens is 1. The van der Waals surface area contributed by atoms with Crippen LogP contribution in [0, 0.1) is 0 Å². The van der Waals surface area contributed by atoms with Gasteiger partial charge in [0.2, 0.25) is 0 Å². The van der Waals surface area contributed by atoms with Crippen molar-refractivity contribution in [3.63, 3.8) is 0 Å². The number of methoxy groups -OCH3 is 1. The molecular weight excluding hydrogens is 275 g/mol. The lowest BCUT2D eigenvalue weighted by molar-refractivity contribution is 0.415. The molecule has 1 N–H and O–H groups in total. The Hall–Kier alpha value is -2.76. The van der Waals surface area contributed by atoms with Crippen LogP contribution in [0.25, 0.3) is 33.3 Å². The second-order valence-corrected chi connectivity index (χ2v) is 5.25. The minimum Gasteiger partial charge on any atom is -0.497 e. The monoisotopic (exact) mass is 288 g/mol. The number of benzene rings is 1. The fourth-order valence-corrected chi connectivity index (χ4v) is 2.77. The summed E-state index contributed by atoms with van der Waals surface area (Å²) in [5.74, 6) is 0.830. The first-order chi connectivity index (χ1) is 10.7. The molecule has 0 aliphatic carbocycles. The number of aryl methyl sites for hydroxylation is 1.